The molecule has 4 rings (SSSR count). The zero-order chi connectivity index (χ0) is 30.3. The van der Waals surface area contributed by atoms with Crippen molar-refractivity contribution in [2.75, 3.05) is 24.1 Å². The second-order valence-electron chi connectivity index (χ2n) is 10.0. The van der Waals surface area contributed by atoms with Gasteiger partial charge in [0.15, 0.2) is 11.5 Å². The largest absolute Gasteiger partial charge is 0.486 e. The number of fused-ring (bicyclic) bond motifs is 1. The minimum absolute atomic E-state index is 0.0191. The SMILES string of the molecule is CCC(C)NC(=O)C(CC)N(Cc1ccccc1Cl)C(=O)CN(c1ccc2c(c1)OCCO2)S(=O)(=O)c1ccccc1. The molecule has 0 fully saturated rings. The molecule has 2 amide bonds. The van der Waals surface area contributed by atoms with Gasteiger partial charge in [-0.05, 0) is 55.7 Å². The Morgan fingerprint density at radius 3 is 2.26 bits per heavy atom. The lowest BCUT2D eigenvalue weighted by Crippen LogP contribution is -2.53. The first-order chi connectivity index (χ1) is 20.1. The Bertz CT molecular complexity index is 1500. The van der Waals surface area contributed by atoms with Gasteiger partial charge in [0.25, 0.3) is 10.0 Å². The smallest absolute Gasteiger partial charge is 0.264 e. The first kappa shape index (κ1) is 31.2. The molecule has 0 aliphatic carbocycles. The molecule has 224 valence electrons. The molecule has 1 aliphatic heterocycles. The normalized spacial score (nSPS) is 14.0. The van der Waals surface area contributed by atoms with Gasteiger partial charge in [-0.3, -0.25) is 13.9 Å². The van der Waals surface area contributed by atoms with Crippen LogP contribution in [0.25, 0.3) is 0 Å². The third kappa shape index (κ3) is 7.17. The van der Waals surface area contributed by atoms with Crippen molar-refractivity contribution >= 4 is 39.1 Å². The summed E-state index contributed by atoms with van der Waals surface area (Å²) in [6, 6.07) is 18.8. The van der Waals surface area contributed by atoms with E-state index in [1.165, 1.54) is 17.0 Å². The fourth-order valence-electron chi connectivity index (χ4n) is 4.61. The number of anilines is 1. The van der Waals surface area contributed by atoms with E-state index in [1.807, 2.05) is 20.8 Å². The van der Waals surface area contributed by atoms with Crippen molar-refractivity contribution in [3.8, 4) is 11.5 Å². The van der Waals surface area contributed by atoms with Crippen LogP contribution in [0.15, 0.2) is 77.7 Å². The van der Waals surface area contributed by atoms with Crippen LogP contribution in [-0.2, 0) is 26.2 Å². The summed E-state index contributed by atoms with van der Waals surface area (Å²) in [5.41, 5.74) is 0.866. The second-order valence-corrected chi connectivity index (χ2v) is 12.3. The van der Waals surface area contributed by atoms with Crippen molar-refractivity contribution in [3.05, 3.63) is 83.4 Å². The standard InChI is InChI=1S/C31H36ClN3O6S/c1-4-22(3)33-31(37)27(5-2)34(20-23-11-9-10-14-26(23)32)30(36)21-35(42(38,39)25-12-7-6-8-13-25)24-15-16-28-29(19-24)41-18-17-40-28/h6-16,19,22,27H,4-5,17-18,20-21H2,1-3H3,(H,33,37). The van der Waals surface area contributed by atoms with Gasteiger partial charge < -0.3 is 19.7 Å². The van der Waals surface area contributed by atoms with Crippen LogP contribution in [0.5, 0.6) is 11.5 Å². The molecule has 42 heavy (non-hydrogen) atoms. The Morgan fingerprint density at radius 1 is 0.929 bits per heavy atom. The van der Waals surface area contributed by atoms with Gasteiger partial charge in [-0.25, -0.2) is 8.42 Å². The lowest BCUT2D eigenvalue weighted by Gasteiger charge is -2.34. The van der Waals surface area contributed by atoms with Gasteiger partial charge in [-0.15, -0.1) is 0 Å². The fourth-order valence-corrected chi connectivity index (χ4v) is 6.23. The molecule has 0 bridgehead atoms. The highest BCUT2D eigenvalue weighted by atomic mass is 35.5. The molecule has 2 unspecified atom stereocenters. The maximum Gasteiger partial charge on any atom is 0.264 e. The topological polar surface area (TPSA) is 105 Å². The summed E-state index contributed by atoms with van der Waals surface area (Å²) in [4.78, 5) is 29.0. The molecule has 1 heterocycles. The molecule has 3 aromatic carbocycles. The molecule has 1 N–H and O–H groups in total. The van der Waals surface area contributed by atoms with E-state index in [0.29, 0.717) is 48.1 Å². The number of carbonyl (C=O) groups is 2. The third-order valence-corrected chi connectivity index (χ3v) is 9.27. The Morgan fingerprint density at radius 2 is 1.60 bits per heavy atom. The molecule has 0 spiro atoms. The van der Waals surface area contributed by atoms with E-state index in [-0.39, 0.29) is 29.1 Å². The summed E-state index contributed by atoms with van der Waals surface area (Å²) in [6.07, 6.45) is 1.03. The van der Waals surface area contributed by atoms with Gasteiger partial charge in [0.05, 0.1) is 10.6 Å². The van der Waals surface area contributed by atoms with Gasteiger partial charge in [0.2, 0.25) is 11.8 Å². The van der Waals surface area contributed by atoms with E-state index >= 15 is 0 Å². The van der Waals surface area contributed by atoms with Crippen LogP contribution in [0.3, 0.4) is 0 Å². The van der Waals surface area contributed by atoms with E-state index in [9.17, 15) is 18.0 Å². The van der Waals surface area contributed by atoms with Gasteiger partial charge in [-0.2, -0.15) is 0 Å². The molecule has 9 nitrogen and oxygen atoms in total. The lowest BCUT2D eigenvalue weighted by atomic mass is 10.1. The maximum absolute atomic E-state index is 14.2. The fraction of sp³-hybridized carbons (Fsp3) is 0.355. The summed E-state index contributed by atoms with van der Waals surface area (Å²) in [6.45, 7) is 5.81. The molecular formula is C31H36ClN3O6S. The second kappa shape index (κ2) is 13.9. The summed E-state index contributed by atoms with van der Waals surface area (Å²) < 4.78 is 40.4. The zero-order valence-corrected chi connectivity index (χ0v) is 25.5. The maximum atomic E-state index is 14.2. The third-order valence-electron chi connectivity index (χ3n) is 7.11. The van der Waals surface area contributed by atoms with Gasteiger partial charge >= 0.3 is 0 Å². The highest BCUT2D eigenvalue weighted by Gasteiger charge is 2.34. The van der Waals surface area contributed by atoms with Crippen molar-refractivity contribution < 1.29 is 27.5 Å². The van der Waals surface area contributed by atoms with Crippen molar-refractivity contribution in [2.24, 2.45) is 0 Å². The Kier molecular flexibility index (Phi) is 10.3. The minimum atomic E-state index is -4.20. The van der Waals surface area contributed by atoms with Crippen LogP contribution >= 0.6 is 11.6 Å². The molecular weight excluding hydrogens is 578 g/mol. The summed E-state index contributed by atoms with van der Waals surface area (Å²) in [5.74, 6) is -0.00670. The number of halogens is 1. The predicted molar refractivity (Wildman–Crippen MR) is 162 cm³/mol. The van der Waals surface area contributed by atoms with Crippen molar-refractivity contribution in [1.29, 1.82) is 0 Å². The number of benzene rings is 3. The van der Waals surface area contributed by atoms with Crippen molar-refractivity contribution in [2.45, 2.75) is 57.1 Å². The molecule has 0 aromatic heterocycles. The quantitative estimate of drug-likeness (QED) is 0.307. The first-order valence-electron chi connectivity index (χ1n) is 14.0. The molecule has 2 atom stereocenters. The number of sulfonamides is 1. The van der Waals surface area contributed by atoms with Crippen LogP contribution < -0.4 is 19.1 Å². The molecule has 3 aromatic rings. The van der Waals surface area contributed by atoms with Crippen LogP contribution in [0.4, 0.5) is 5.69 Å². The monoisotopic (exact) mass is 613 g/mol. The number of nitrogens with one attached hydrogen (secondary N) is 1. The van der Waals surface area contributed by atoms with Crippen molar-refractivity contribution in [3.63, 3.8) is 0 Å². The number of amides is 2. The molecule has 0 saturated carbocycles. The number of ether oxygens (including phenoxy) is 2. The summed E-state index contributed by atoms with van der Waals surface area (Å²) in [5, 5.41) is 3.40. The average Bonchev–Trinajstić information content (AvgIpc) is 3.00. The van der Waals surface area contributed by atoms with Gasteiger partial charge in [0.1, 0.15) is 25.8 Å². The van der Waals surface area contributed by atoms with E-state index in [0.717, 1.165) is 4.31 Å². The van der Waals surface area contributed by atoms with E-state index < -0.39 is 28.5 Å². The van der Waals surface area contributed by atoms with E-state index in [2.05, 4.69) is 5.32 Å². The number of nitrogens with zero attached hydrogens (tertiary/aromatic N) is 2. The first-order valence-corrected chi connectivity index (χ1v) is 15.8. The lowest BCUT2D eigenvalue weighted by molar-refractivity contribution is -0.140. The Labute approximate surface area is 252 Å². The average molecular weight is 614 g/mol. The number of rotatable bonds is 12. The van der Waals surface area contributed by atoms with Crippen LogP contribution in [0.2, 0.25) is 5.02 Å². The molecule has 1 aliphatic rings. The van der Waals surface area contributed by atoms with Gasteiger partial charge in [0, 0.05) is 23.7 Å². The van der Waals surface area contributed by atoms with Crippen LogP contribution in [0, 0.1) is 0 Å². The van der Waals surface area contributed by atoms with Crippen molar-refractivity contribution in [1.82, 2.24) is 10.2 Å². The highest BCUT2D eigenvalue weighted by molar-refractivity contribution is 7.92. The zero-order valence-electron chi connectivity index (χ0n) is 24.0. The van der Waals surface area contributed by atoms with Crippen LogP contribution in [0.1, 0.15) is 39.2 Å². The molecule has 11 heteroatoms. The van der Waals surface area contributed by atoms with E-state index in [1.54, 1.807) is 60.7 Å². The minimum Gasteiger partial charge on any atom is -0.486 e. The highest BCUT2D eigenvalue weighted by Crippen LogP contribution is 2.36. The molecule has 0 radical (unpaired) electrons. The predicted octanol–water partition coefficient (Wildman–Crippen LogP) is 5.03. The Balaban J connectivity index is 1.76. The summed E-state index contributed by atoms with van der Waals surface area (Å²) in [7, 11) is -4.20. The number of carbonyl (C=O) groups excluding carboxylic acids is 2. The van der Waals surface area contributed by atoms with Gasteiger partial charge in [-0.1, -0.05) is 61.8 Å². The van der Waals surface area contributed by atoms with E-state index in [4.69, 9.17) is 21.1 Å². The Hall–Kier alpha value is -3.76. The molecule has 0 saturated heterocycles. The summed E-state index contributed by atoms with van der Waals surface area (Å²) >= 11 is 6.46. The van der Waals surface area contributed by atoms with Crippen LogP contribution in [-0.4, -0.2) is 57.0 Å². The number of hydrogen-bond donors (Lipinski definition) is 1. The number of hydrogen-bond acceptors (Lipinski definition) is 6.